The van der Waals surface area contributed by atoms with Gasteiger partial charge in [-0.1, -0.05) is 6.07 Å². The van der Waals surface area contributed by atoms with Gasteiger partial charge in [0.05, 0.1) is 37.8 Å². The molecule has 2 heterocycles. The van der Waals surface area contributed by atoms with Gasteiger partial charge in [-0.05, 0) is 38.4 Å². The first kappa shape index (κ1) is 19.2. The average molecular weight is 372 g/mol. The van der Waals surface area contributed by atoms with Crippen molar-refractivity contribution in [1.82, 2.24) is 14.7 Å². The molecule has 3 rings (SSSR count). The minimum Gasteiger partial charge on any atom is -0.497 e. The number of likely N-dealkylation sites (tertiary alicyclic amines) is 1. The predicted molar refractivity (Wildman–Crippen MR) is 104 cm³/mol. The molecule has 1 fully saturated rings. The lowest BCUT2D eigenvalue weighted by Crippen LogP contribution is -2.42. The second-order valence-electron chi connectivity index (χ2n) is 7.05. The number of methoxy groups -OCH3 is 1. The third-order valence-corrected chi connectivity index (χ3v) is 5.01. The summed E-state index contributed by atoms with van der Waals surface area (Å²) in [6, 6.07) is 7.65. The average Bonchev–Trinajstić information content (AvgIpc) is 2.99. The van der Waals surface area contributed by atoms with Crippen molar-refractivity contribution < 1.29 is 14.3 Å². The van der Waals surface area contributed by atoms with Crippen molar-refractivity contribution in [2.45, 2.75) is 19.8 Å². The van der Waals surface area contributed by atoms with Crippen LogP contribution >= 0.6 is 0 Å². The van der Waals surface area contributed by atoms with Crippen LogP contribution < -0.4 is 14.8 Å². The van der Waals surface area contributed by atoms with Crippen LogP contribution in [0.25, 0.3) is 0 Å². The van der Waals surface area contributed by atoms with Crippen molar-refractivity contribution in [2.75, 3.05) is 38.7 Å². The molecule has 2 aromatic rings. The number of nitrogens with zero attached hydrogens (tertiary/aromatic N) is 3. The van der Waals surface area contributed by atoms with Gasteiger partial charge in [0.2, 0.25) is 5.91 Å². The number of aromatic nitrogens is 2. The van der Waals surface area contributed by atoms with Crippen LogP contribution in [0.4, 0.5) is 5.69 Å². The van der Waals surface area contributed by atoms with E-state index in [1.165, 1.54) is 0 Å². The van der Waals surface area contributed by atoms with Gasteiger partial charge >= 0.3 is 0 Å². The normalized spacial score (nSPS) is 17.5. The summed E-state index contributed by atoms with van der Waals surface area (Å²) in [6.07, 6.45) is 3.88. The molecular formula is C20H28N4O3. The van der Waals surface area contributed by atoms with Crippen LogP contribution in [0.15, 0.2) is 30.5 Å². The highest BCUT2D eigenvalue weighted by molar-refractivity contribution is 5.92. The Morgan fingerprint density at radius 2 is 2.19 bits per heavy atom. The molecule has 0 bridgehead atoms. The zero-order valence-electron chi connectivity index (χ0n) is 16.3. The molecule has 1 aromatic heterocycles. The molecule has 1 aromatic carbocycles. The Morgan fingerprint density at radius 3 is 2.93 bits per heavy atom. The first-order valence-corrected chi connectivity index (χ1v) is 9.33. The Balaban J connectivity index is 1.47. The summed E-state index contributed by atoms with van der Waals surface area (Å²) in [7, 11) is 3.51. The number of carbonyl (C=O) groups excluding carboxylic acids is 1. The van der Waals surface area contributed by atoms with E-state index in [4.69, 9.17) is 9.47 Å². The van der Waals surface area contributed by atoms with Crippen LogP contribution in [-0.4, -0.2) is 53.9 Å². The summed E-state index contributed by atoms with van der Waals surface area (Å²) in [4.78, 5) is 14.6. The van der Waals surface area contributed by atoms with E-state index in [0.717, 1.165) is 48.8 Å². The van der Waals surface area contributed by atoms with E-state index in [2.05, 4.69) is 15.3 Å². The fourth-order valence-corrected chi connectivity index (χ4v) is 3.35. The number of aryl methyl sites for hydroxylation is 1. The Bertz CT molecular complexity index is 774. The molecular weight excluding hydrogens is 344 g/mol. The largest absolute Gasteiger partial charge is 0.497 e. The number of ether oxygens (including phenoxy) is 2. The highest BCUT2D eigenvalue weighted by Crippen LogP contribution is 2.22. The fraction of sp³-hybridized carbons (Fsp3) is 0.500. The van der Waals surface area contributed by atoms with Gasteiger partial charge in [0.25, 0.3) is 0 Å². The topological polar surface area (TPSA) is 68.6 Å². The molecule has 27 heavy (non-hydrogen) atoms. The third-order valence-electron chi connectivity index (χ3n) is 5.01. The lowest BCUT2D eigenvalue weighted by atomic mass is 9.99. The molecule has 1 atom stereocenters. The first-order chi connectivity index (χ1) is 13.0. The summed E-state index contributed by atoms with van der Waals surface area (Å²) >= 11 is 0. The molecule has 0 aliphatic carbocycles. The van der Waals surface area contributed by atoms with Gasteiger partial charge in [-0.3, -0.25) is 14.4 Å². The number of rotatable bonds is 7. The van der Waals surface area contributed by atoms with E-state index in [-0.39, 0.29) is 5.91 Å². The maximum Gasteiger partial charge on any atom is 0.238 e. The molecule has 7 nitrogen and oxygen atoms in total. The standard InChI is InChI=1S/C20H28N4O3/c1-15-19(11-21-23(15)2)22-20(25)13-24-9-5-6-16(12-24)14-27-18-8-4-7-17(10-18)26-3/h4,7-8,10-11,16H,5-6,9,12-14H2,1-3H3,(H,22,25)/t16-/m1/s1. The summed E-state index contributed by atoms with van der Waals surface area (Å²) < 4.78 is 12.9. The molecule has 1 aliphatic rings. The number of benzene rings is 1. The number of piperidine rings is 1. The highest BCUT2D eigenvalue weighted by atomic mass is 16.5. The van der Waals surface area contributed by atoms with E-state index in [1.807, 2.05) is 38.2 Å². The van der Waals surface area contributed by atoms with E-state index < -0.39 is 0 Å². The number of amides is 1. The zero-order valence-corrected chi connectivity index (χ0v) is 16.3. The van der Waals surface area contributed by atoms with Crippen molar-refractivity contribution in [2.24, 2.45) is 13.0 Å². The van der Waals surface area contributed by atoms with Crippen LogP contribution in [0.2, 0.25) is 0 Å². The Labute approximate surface area is 160 Å². The highest BCUT2D eigenvalue weighted by Gasteiger charge is 2.22. The van der Waals surface area contributed by atoms with Crippen LogP contribution in [0, 0.1) is 12.8 Å². The molecule has 1 N–H and O–H groups in total. The summed E-state index contributed by atoms with van der Waals surface area (Å²) in [6.45, 7) is 4.78. The smallest absolute Gasteiger partial charge is 0.238 e. The quantitative estimate of drug-likeness (QED) is 0.809. The molecule has 146 valence electrons. The number of hydrogen-bond donors (Lipinski definition) is 1. The van der Waals surface area contributed by atoms with Crippen molar-refractivity contribution in [3.8, 4) is 11.5 Å². The second kappa shape index (κ2) is 8.90. The van der Waals surface area contributed by atoms with Crippen LogP contribution in [-0.2, 0) is 11.8 Å². The van der Waals surface area contributed by atoms with Gasteiger partial charge in [0.15, 0.2) is 0 Å². The molecule has 0 radical (unpaired) electrons. The van der Waals surface area contributed by atoms with Gasteiger partial charge in [0.1, 0.15) is 11.5 Å². The first-order valence-electron chi connectivity index (χ1n) is 9.33. The van der Waals surface area contributed by atoms with Crippen LogP contribution in [0.1, 0.15) is 18.5 Å². The molecule has 1 aliphatic heterocycles. The van der Waals surface area contributed by atoms with Crippen LogP contribution in [0.5, 0.6) is 11.5 Å². The maximum atomic E-state index is 12.4. The van der Waals surface area contributed by atoms with E-state index in [0.29, 0.717) is 19.1 Å². The van der Waals surface area contributed by atoms with Gasteiger partial charge in [0, 0.05) is 25.6 Å². The minimum atomic E-state index is 0.000430. The summed E-state index contributed by atoms with van der Waals surface area (Å²) in [5, 5.41) is 7.11. The van der Waals surface area contributed by atoms with Crippen LogP contribution in [0.3, 0.4) is 0 Å². The van der Waals surface area contributed by atoms with Gasteiger partial charge in [-0.25, -0.2) is 0 Å². The van der Waals surface area contributed by atoms with Crippen molar-refractivity contribution in [1.29, 1.82) is 0 Å². The summed E-state index contributed by atoms with van der Waals surface area (Å²) in [5.74, 6) is 2.02. The molecule has 1 amide bonds. The number of nitrogens with one attached hydrogen (secondary N) is 1. The Morgan fingerprint density at radius 1 is 1.37 bits per heavy atom. The summed E-state index contributed by atoms with van der Waals surface area (Å²) in [5.41, 5.74) is 1.73. The van der Waals surface area contributed by atoms with Gasteiger partial charge in [-0.15, -0.1) is 0 Å². The lowest BCUT2D eigenvalue weighted by Gasteiger charge is -2.32. The fourth-order valence-electron chi connectivity index (χ4n) is 3.35. The van der Waals surface area contributed by atoms with E-state index in [1.54, 1.807) is 18.0 Å². The monoisotopic (exact) mass is 372 g/mol. The maximum absolute atomic E-state index is 12.4. The van der Waals surface area contributed by atoms with E-state index in [9.17, 15) is 4.79 Å². The third kappa shape index (κ3) is 5.23. The second-order valence-corrected chi connectivity index (χ2v) is 7.05. The van der Waals surface area contributed by atoms with Crippen molar-refractivity contribution in [3.63, 3.8) is 0 Å². The molecule has 0 unspecified atom stereocenters. The lowest BCUT2D eigenvalue weighted by molar-refractivity contribution is -0.117. The Hall–Kier alpha value is -2.54. The zero-order chi connectivity index (χ0) is 19.2. The van der Waals surface area contributed by atoms with Crippen molar-refractivity contribution >= 4 is 11.6 Å². The predicted octanol–water partition coefficient (Wildman–Crippen LogP) is 2.47. The molecule has 7 heteroatoms. The molecule has 1 saturated heterocycles. The number of hydrogen-bond acceptors (Lipinski definition) is 5. The van der Waals surface area contributed by atoms with Gasteiger partial charge in [-0.2, -0.15) is 5.10 Å². The molecule has 0 saturated carbocycles. The van der Waals surface area contributed by atoms with Crippen molar-refractivity contribution in [3.05, 3.63) is 36.2 Å². The molecule has 0 spiro atoms. The number of carbonyl (C=O) groups is 1. The SMILES string of the molecule is COc1cccc(OC[C@@H]2CCCN(CC(=O)Nc3cnn(C)c3C)C2)c1. The Kier molecular flexibility index (Phi) is 6.34. The van der Waals surface area contributed by atoms with Gasteiger partial charge < -0.3 is 14.8 Å². The minimum absolute atomic E-state index is 0.000430. The van der Waals surface area contributed by atoms with E-state index >= 15 is 0 Å². The number of anilines is 1.